The summed E-state index contributed by atoms with van der Waals surface area (Å²) >= 11 is 5.86. The molecule has 7 nitrogen and oxygen atoms in total. The second kappa shape index (κ2) is 10.6. The van der Waals surface area contributed by atoms with E-state index < -0.39 is 5.91 Å². The molecule has 3 aromatic carbocycles. The number of hydrogen-bond acceptors (Lipinski definition) is 5. The Bertz CT molecular complexity index is 1240. The van der Waals surface area contributed by atoms with Crippen LogP contribution in [0.2, 0.25) is 5.02 Å². The first-order chi connectivity index (χ1) is 16.4. The molecule has 2 amide bonds. The van der Waals surface area contributed by atoms with Crippen LogP contribution in [0.5, 0.6) is 11.5 Å². The number of hydrazone groups is 1. The Kier molecular flexibility index (Phi) is 7.33. The molecular weight excluding hydrogens is 454 g/mol. The predicted octanol–water partition coefficient (Wildman–Crippen LogP) is 4.60. The van der Waals surface area contributed by atoms with Crippen molar-refractivity contribution >= 4 is 40.4 Å². The molecule has 176 valence electrons. The summed E-state index contributed by atoms with van der Waals surface area (Å²) in [7, 11) is 0. The number of fused-ring (bicyclic) bond motifs is 1. The van der Waals surface area contributed by atoms with Gasteiger partial charge in [0.15, 0.2) is 6.61 Å². The molecule has 0 radical (unpaired) electrons. The summed E-state index contributed by atoms with van der Waals surface area (Å²) < 4.78 is 5.91. The van der Waals surface area contributed by atoms with Crippen molar-refractivity contribution in [3.8, 4) is 11.5 Å². The normalized spacial score (nSPS) is 16.1. The van der Waals surface area contributed by atoms with Crippen molar-refractivity contribution in [1.82, 2.24) is 10.3 Å². The Morgan fingerprint density at radius 1 is 1.21 bits per heavy atom. The molecule has 0 bridgehead atoms. The quantitative estimate of drug-likeness (QED) is 0.399. The Labute approximate surface area is 203 Å². The number of rotatable bonds is 6. The Balaban J connectivity index is 1.45. The minimum Gasteiger partial charge on any atom is -0.506 e. The third-order valence-corrected chi connectivity index (χ3v) is 6.16. The molecule has 0 saturated carbocycles. The average Bonchev–Trinajstić information content (AvgIpc) is 2.84. The van der Waals surface area contributed by atoms with Gasteiger partial charge in [0.05, 0.1) is 11.2 Å². The minimum absolute atomic E-state index is 0.00156. The van der Waals surface area contributed by atoms with Gasteiger partial charge in [-0.05, 0) is 54.5 Å². The van der Waals surface area contributed by atoms with E-state index >= 15 is 0 Å². The molecule has 1 unspecified atom stereocenters. The van der Waals surface area contributed by atoms with E-state index in [1.807, 2.05) is 35.2 Å². The Hall–Kier alpha value is -3.58. The van der Waals surface area contributed by atoms with E-state index in [0.29, 0.717) is 11.7 Å². The van der Waals surface area contributed by atoms with E-state index in [0.717, 1.165) is 42.3 Å². The first-order valence-electron chi connectivity index (χ1n) is 11.2. The zero-order valence-electron chi connectivity index (χ0n) is 18.8. The monoisotopic (exact) mass is 479 g/mol. The van der Waals surface area contributed by atoms with Crippen molar-refractivity contribution in [2.24, 2.45) is 11.0 Å². The van der Waals surface area contributed by atoms with E-state index in [1.54, 1.807) is 12.3 Å². The number of carbonyl (C=O) groups excluding carboxylic acids is 2. The van der Waals surface area contributed by atoms with E-state index in [4.69, 9.17) is 16.3 Å². The average molecular weight is 480 g/mol. The van der Waals surface area contributed by atoms with Gasteiger partial charge in [-0.3, -0.25) is 9.59 Å². The summed E-state index contributed by atoms with van der Waals surface area (Å²) in [6, 6.07) is 15.5. The van der Waals surface area contributed by atoms with Crippen molar-refractivity contribution in [3.63, 3.8) is 0 Å². The van der Waals surface area contributed by atoms with Gasteiger partial charge in [0.2, 0.25) is 0 Å². The number of halogens is 1. The summed E-state index contributed by atoms with van der Waals surface area (Å²) in [6.45, 7) is 3.72. The van der Waals surface area contributed by atoms with Gasteiger partial charge in [0.25, 0.3) is 11.8 Å². The third-order valence-electron chi connectivity index (χ3n) is 5.86. The molecule has 1 aliphatic heterocycles. The van der Waals surface area contributed by atoms with Crippen LogP contribution in [0.1, 0.15) is 35.7 Å². The highest BCUT2D eigenvalue weighted by Crippen LogP contribution is 2.28. The zero-order valence-corrected chi connectivity index (χ0v) is 19.6. The lowest BCUT2D eigenvalue weighted by atomic mass is 10.0. The first-order valence-corrected chi connectivity index (χ1v) is 11.5. The third kappa shape index (κ3) is 5.48. The number of nitrogens with zero attached hydrogens (tertiary/aromatic N) is 2. The maximum absolute atomic E-state index is 12.6. The number of carbonyl (C=O) groups is 2. The van der Waals surface area contributed by atoms with Crippen LogP contribution in [0.3, 0.4) is 0 Å². The lowest BCUT2D eigenvalue weighted by Gasteiger charge is -2.30. The van der Waals surface area contributed by atoms with Gasteiger partial charge in [-0.15, -0.1) is 0 Å². The van der Waals surface area contributed by atoms with E-state index in [2.05, 4.69) is 17.5 Å². The van der Waals surface area contributed by atoms with Crippen LogP contribution < -0.4 is 10.2 Å². The van der Waals surface area contributed by atoms with Gasteiger partial charge in [-0.1, -0.05) is 42.8 Å². The fourth-order valence-corrected chi connectivity index (χ4v) is 4.23. The standard InChI is InChI=1S/C26H26ClN3O4/c1-17-5-4-12-30(15-17)25(32)16-34-24-11-9-19(20-6-2-3-7-21(20)24)14-28-29-26(33)18-8-10-23(31)22(27)13-18/h2-3,6-11,13-14,17,31H,4-5,12,15-16H2,1H3,(H,29,33). The van der Waals surface area contributed by atoms with Gasteiger partial charge < -0.3 is 14.7 Å². The van der Waals surface area contributed by atoms with E-state index in [-0.39, 0.29) is 28.8 Å². The molecule has 34 heavy (non-hydrogen) atoms. The summed E-state index contributed by atoms with van der Waals surface area (Å²) in [5.74, 6) is 0.589. The molecule has 1 fully saturated rings. The topological polar surface area (TPSA) is 91.2 Å². The lowest BCUT2D eigenvalue weighted by molar-refractivity contribution is -0.135. The number of hydrogen-bond donors (Lipinski definition) is 2. The highest BCUT2D eigenvalue weighted by molar-refractivity contribution is 6.32. The van der Waals surface area contributed by atoms with Gasteiger partial charge >= 0.3 is 0 Å². The first kappa shape index (κ1) is 23.6. The van der Waals surface area contributed by atoms with Gasteiger partial charge in [-0.2, -0.15) is 5.10 Å². The molecule has 4 rings (SSSR count). The predicted molar refractivity (Wildman–Crippen MR) is 133 cm³/mol. The second-order valence-electron chi connectivity index (χ2n) is 8.44. The highest BCUT2D eigenvalue weighted by atomic mass is 35.5. The maximum Gasteiger partial charge on any atom is 0.271 e. The van der Waals surface area contributed by atoms with E-state index in [9.17, 15) is 14.7 Å². The number of ether oxygens (including phenoxy) is 1. The number of phenols is 1. The number of benzene rings is 3. The molecule has 2 N–H and O–H groups in total. The van der Waals surface area contributed by atoms with Crippen molar-refractivity contribution in [1.29, 1.82) is 0 Å². The van der Waals surface area contributed by atoms with Crippen LogP contribution in [0.15, 0.2) is 59.7 Å². The summed E-state index contributed by atoms with van der Waals surface area (Å²) in [4.78, 5) is 26.8. The molecule has 3 aromatic rings. The van der Waals surface area contributed by atoms with Crippen LogP contribution in [-0.4, -0.2) is 47.7 Å². The molecule has 1 heterocycles. The van der Waals surface area contributed by atoms with Crippen molar-refractivity contribution in [2.75, 3.05) is 19.7 Å². The molecule has 0 aliphatic carbocycles. The van der Waals surface area contributed by atoms with E-state index in [1.165, 1.54) is 18.2 Å². The second-order valence-corrected chi connectivity index (χ2v) is 8.85. The van der Waals surface area contributed by atoms with Crippen LogP contribution in [0.4, 0.5) is 0 Å². The van der Waals surface area contributed by atoms with Gasteiger partial charge in [0, 0.05) is 29.6 Å². The summed E-state index contributed by atoms with van der Waals surface area (Å²) in [5.41, 5.74) is 3.52. The number of likely N-dealkylation sites (tertiary alicyclic amines) is 1. The van der Waals surface area contributed by atoms with Gasteiger partial charge in [-0.25, -0.2) is 5.43 Å². The molecular formula is C26H26ClN3O4. The highest BCUT2D eigenvalue weighted by Gasteiger charge is 2.21. The SMILES string of the molecule is CC1CCCN(C(=O)COc2ccc(C=NNC(=O)c3ccc(O)c(Cl)c3)c3ccccc23)C1. The summed E-state index contributed by atoms with van der Waals surface area (Å²) in [5, 5.41) is 15.4. The minimum atomic E-state index is -0.451. The van der Waals surface area contributed by atoms with Crippen LogP contribution in [-0.2, 0) is 4.79 Å². The van der Waals surface area contributed by atoms with Gasteiger partial charge in [0.1, 0.15) is 11.5 Å². The number of nitrogens with one attached hydrogen (secondary N) is 1. The van der Waals surface area contributed by atoms with Crippen molar-refractivity contribution < 1.29 is 19.4 Å². The molecule has 1 saturated heterocycles. The number of aromatic hydroxyl groups is 1. The molecule has 0 aromatic heterocycles. The van der Waals surface area contributed by atoms with Crippen LogP contribution >= 0.6 is 11.6 Å². The molecule has 8 heteroatoms. The van der Waals surface area contributed by atoms with Crippen molar-refractivity contribution in [3.05, 3.63) is 70.7 Å². The number of amides is 2. The maximum atomic E-state index is 12.6. The number of piperidine rings is 1. The number of phenolic OH excluding ortho intramolecular Hbond substituents is 1. The van der Waals surface area contributed by atoms with Crippen molar-refractivity contribution in [2.45, 2.75) is 19.8 Å². The van der Waals surface area contributed by atoms with Crippen LogP contribution in [0, 0.1) is 5.92 Å². The molecule has 1 aliphatic rings. The lowest BCUT2D eigenvalue weighted by Crippen LogP contribution is -2.41. The largest absolute Gasteiger partial charge is 0.506 e. The zero-order chi connectivity index (χ0) is 24.1. The van der Waals surface area contributed by atoms with Crippen LogP contribution in [0.25, 0.3) is 10.8 Å². The smallest absolute Gasteiger partial charge is 0.271 e. The summed E-state index contributed by atoms with van der Waals surface area (Å²) in [6.07, 6.45) is 3.73. The Morgan fingerprint density at radius 3 is 2.76 bits per heavy atom. The molecule has 1 atom stereocenters. The molecule has 0 spiro atoms. The Morgan fingerprint density at radius 2 is 2.00 bits per heavy atom. The fraction of sp³-hybridized carbons (Fsp3) is 0.269. The fourth-order valence-electron chi connectivity index (χ4n) is 4.05.